The van der Waals surface area contributed by atoms with E-state index in [-0.39, 0.29) is 5.91 Å². The number of likely N-dealkylation sites (tertiary alicyclic amines) is 1. The van der Waals surface area contributed by atoms with Crippen LogP contribution in [0.25, 0.3) is 0 Å². The predicted octanol–water partition coefficient (Wildman–Crippen LogP) is 0.384. The molecular formula is C9H14N4OS. The molecule has 82 valence electrons. The maximum atomic E-state index is 11.2. The van der Waals surface area contributed by atoms with Crippen LogP contribution in [0, 0.1) is 16.9 Å². The van der Waals surface area contributed by atoms with E-state index >= 15 is 0 Å². The van der Waals surface area contributed by atoms with Crippen LogP contribution in [-0.4, -0.2) is 35.3 Å². The lowest BCUT2D eigenvalue weighted by Gasteiger charge is -2.21. The predicted molar refractivity (Wildman–Crippen MR) is 60.1 cm³/mol. The second kappa shape index (κ2) is 4.53. The molecule has 0 radical (unpaired) electrons. The van der Waals surface area contributed by atoms with Gasteiger partial charge in [-0.05, 0) is 19.6 Å². The summed E-state index contributed by atoms with van der Waals surface area (Å²) in [6.45, 7) is 3.12. The van der Waals surface area contributed by atoms with Crippen LogP contribution in [0.4, 0.5) is 0 Å². The Hall–Kier alpha value is -1.22. The minimum absolute atomic E-state index is 0.289. The first-order chi connectivity index (χ1) is 7.03. The lowest BCUT2D eigenvalue weighted by Crippen LogP contribution is -2.38. The Kier molecular flexibility index (Phi) is 3.58. The monoisotopic (exact) mass is 226 g/mol. The molecule has 1 aliphatic rings. The van der Waals surface area contributed by atoms with E-state index in [1.807, 2.05) is 18.1 Å². The Bertz CT molecular complexity index is 335. The third kappa shape index (κ3) is 2.42. The molecule has 1 saturated heterocycles. The van der Waals surface area contributed by atoms with Crippen LogP contribution >= 0.6 is 11.8 Å². The van der Waals surface area contributed by atoms with Crippen LogP contribution in [0.15, 0.2) is 4.99 Å². The molecule has 1 heterocycles. The van der Waals surface area contributed by atoms with Gasteiger partial charge in [0.25, 0.3) is 0 Å². The minimum Gasteiger partial charge on any atom is -0.369 e. The van der Waals surface area contributed by atoms with Crippen molar-refractivity contribution in [2.45, 2.75) is 13.3 Å². The number of amides is 1. The molecule has 1 atom stereocenters. The standard InChI is InChI=1S/C9H14N4OS/c1-9(7(11)14)3-4-13(5-9)8(15-2)12-6-10/h3-5H2,1-2H3,(H2,11,14). The molecule has 0 aromatic carbocycles. The number of nitrogens with zero attached hydrogens (tertiary/aromatic N) is 3. The summed E-state index contributed by atoms with van der Waals surface area (Å²) in [6, 6.07) is 0. The summed E-state index contributed by atoms with van der Waals surface area (Å²) in [4.78, 5) is 16.9. The molecule has 2 N–H and O–H groups in total. The smallest absolute Gasteiger partial charge is 0.225 e. The molecule has 1 fully saturated rings. The highest BCUT2D eigenvalue weighted by Gasteiger charge is 2.39. The van der Waals surface area contributed by atoms with Crippen LogP contribution in [0.1, 0.15) is 13.3 Å². The first-order valence-electron chi connectivity index (χ1n) is 4.59. The van der Waals surface area contributed by atoms with E-state index in [2.05, 4.69) is 4.99 Å². The summed E-state index contributed by atoms with van der Waals surface area (Å²) < 4.78 is 0. The molecule has 0 bridgehead atoms. The second-order valence-electron chi connectivity index (χ2n) is 3.79. The Balaban J connectivity index is 2.76. The fourth-order valence-corrected chi connectivity index (χ4v) is 2.16. The van der Waals surface area contributed by atoms with Gasteiger partial charge in [-0.15, -0.1) is 4.99 Å². The van der Waals surface area contributed by atoms with Crippen LogP contribution in [-0.2, 0) is 4.79 Å². The van der Waals surface area contributed by atoms with Gasteiger partial charge in [-0.3, -0.25) is 4.79 Å². The molecule has 0 spiro atoms. The van der Waals surface area contributed by atoms with E-state index in [1.54, 1.807) is 6.19 Å². The molecule has 5 nitrogen and oxygen atoms in total. The van der Waals surface area contributed by atoms with Crippen molar-refractivity contribution in [2.75, 3.05) is 19.3 Å². The largest absolute Gasteiger partial charge is 0.369 e. The number of rotatable bonds is 1. The third-order valence-corrected chi connectivity index (χ3v) is 3.38. The van der Waals surface area contributed by atoms with Crippen molar-refractivity contribution in [1.29, 1.82) is 5.26 Å². The van der Waals surface area contributed by atoms with Gasteiger partial charge in [0.2, 0.25) is 12.1 Å². The summed E-state index contributed by atoms with van der Waals surface area (Å²) in [7, 11) is 0. The highest BCUT2D eigenvalue weighted by Crippen LogP contribution is 2.30. The fourth-order valence-electron chi connectivity index (χ4n) is 1.61. The number of carbonyl (C=O) groups is 1. The Labute approximate surface area is 93.3 Å². The summed E-state index contributed by atoms with van der Waals surface area (Å²) >= 11 is 1.41. The Morgan fingerprint density at radius 3 is 2.80 bits per heavy atom. The van der Waals surface area contributed by atoms with Crippen LogP contribution in [0.3, 0.4) is 0 Å². The van der Waals surface area contributed by atoms with Crippen molar-refractivity contribution in [2.24, 2.45) is 16.1 Å². The topological polar surface area (TPSA) is 82.5 Å². The number of hydrogen-bond donors (Lipinski definition) is 1. The van der Waals surface area contributed by atoms with Gasteiger partial charge in [0.1, 0.15) is 0 Å². The molecule has 1 rings (SSSR count). The number of carbonyl (C=O) groups excluding carboxylic acids is 1. The van der Waals surface area contributed by atoms with Crippen LogP contribution in [0.2, 0.25) is 0 Å². The number of nitriles is 1. The van der Waals surface area contributed by atoms with E-state index in [0.29, 0.717) is 18.1 Å². The molecule has 0 aliphatic carbocycles. The van der Waals surface area contributed by atoms with Crippen molar-refractivity contribution in [3.05, 3.63) is 0 Å². The van der Waals surface area contributed by atoms with Crippen molar-refractivity contribution in [3.63, 3.8) is 0 Å². The van der Waals surface area contributed by atoms with E-state index in [1.165, 1.54) is 11.8 Å². The number of primary amides is 1. The molecule has 1 aliphatic heterocycles. The number of hydrogen-bond acceptors (Lipinski definition) is 4. The highest BCUT2D eigenvalue weighted by molar-refractivity contribution is 8.13. The molecule has 0 aromatic rings. The summed E-state index contributed by atoms with van der Waals surface area (Å²) in [5.74, 6) is -0.289. The molecule has 0 saturated carbocycles. The molecular weight excluding hydrogens is 212 g/mol. The first kappa shape index (κ1) is 11.9. The van der Waals surface area contributed by atoms with Gasteiger partial charge < -0.3 is 10.6 Å². The zero-order valence-electron chi connectivity index (χ0n) is 8.86. The van der Waals surface area contributed by atoms with Gasteiger partial charge in [-0.1, -0.05) is 11.8 Å². The first-order valence-corrected chi connectivity index (χ1v) is 5.81. The molecule has 1 amide bonds. The number of aliphatic imine (C=N–C) groups is 1. The van der Waals surface area contributed by atoms with E-state index < -0.39 is 5.41 Å². The zero-order chi connectivity index (χ0) is 11.5. The molecule has 15 heavy (non-hydrogen) atoms. The van der Waals surface area contributed by atoms with Crippen molar-refractivity contribution in [1.82, 2.24) is 4.90 Å². The van der Waals surface area contributed by atoms with Crippen LogP contribution < -0.4 is 5.73 Å². The lowest BCUT2D eigenvalue weighted by atomic mass is 9.89. The number of nitrogens with two attached hydrogens (primary N) is 1. The second-order valence-corrected chi connectivity index (χ2v) is 4.57. The fraction of sp³-hybridized carbons (Fsp3) is 0.667. The van der Waals surface area contributed by atoms with Crippen LogP contribution in [0.5, 0.6) is 0 Å². The summed E-state index contributed by atoms with van der Waals surface area (Å²) in [6.07, 6.45) is 4.33. The zero-order valence-corrected chi connectivity index (χ0v) is 9.67. The molecule has 0 aromatic heterocycles. The minimum atomic E-state index is -0.494. The maximum Gasteiger partial charge on any atom is 0.225 e. The van der Waals surface area contributed by atoms with Crippen molar-refractivity contribution in [3.8, 4) is 6.19 Å². The Morgan fingerprint density at radius 1 is 1.73 bits per heavy atom. The molecule has 6 heteroatoms. The highest BCUT2D eigenvalue weighted by atomic mass is 32.2. The van der Waals surface area contributed by atoms with Gasteiger partial charge in [0, 0.05) is 13.1 Å². The quantitative estimate of drug-likeness (QED) is 0.398. The average molecular weight is 226 g/mol. The summed E-state index contributed by atoms with van der Waals surface area (Å²) in [5.41, 5.74) is 4.84. The van der Waals surface area contributed by atoms with Crippen molar-refractivity contribution >= 4 is 22.8 Å². The van der Waals surface area contributed by atoms with E-state index in [4.69, 9.17) is 11.0 Å². The van der Waals surface area contributed by atoms with Crippen molar-refractivity contribution < 1.29 is 4.79 Å². The Morgan fingerprint density at radius 2 is 2.40 bits per heavy atom. The SMILES string of the molecule is CSC(=NC#N)N1CCC(C)(C(N)=O)C1. The maximum absolute atomic E-state index is 11.2. The number of thioether (sulfide) groups is 1. The van der Waals surface area contributed by atoms with E-state index in [0.717, 1.165) is 6.54 Å². The van der Waals surface area contributed by atoms with Gasteiger partial charge in [0.15, 0.2) is 5.17 Å². The average Bonchev–Trinajstić information content (AvgIpc) is 2.59. The normalized spacial score (nSPS) is 26.5. The van der Waals surface area contributed by atoms with Gasteiger partial charge in [-0.2, -0.15) is 5.26 Å². The number of amidine groups is 1. The van der Waals surface area contributed by atoms with Gasteiger partial charge in [0.05, 0.1) is 5.41 Å². The van der Waals surface area contributed by atoms with Gasteiger partial charge in [-0.25, -0.2) is 0 Å². The molecule has 1 unspecified atom stereocenters. The summed E-state index contributed by atoms with van der Waals surface area (Å²) in [5, 5.41) is 9.15. The lowest BCUT2D eigenvalue weighted by molar-refractivity contribution is -0.126. The van der Waals surface area contributed by atoms with Gasteiger partial charge >= 0.3 is 0 Å². The third-order valence-electron chi connectivity index (χ3n) is 2.67. The van der Waals surface area contributed by atoms with E-state index in [9.17, 15) is 4.79 Å².